The van der Waals surface area contributed by atoms with Gasteiger partial charge in [0.15, 0.2) is 7.28 Å². The molecule has 0 saturated heterocycles. The van der Waals surface area contributed by atoms with E-state index in [0.717, 1.165) is 20.1 Å². The Balaban J connectivity index is 1.30. The van der Waals surface area contributed by atoms with Crippen LogP contribution in [0.1, 0.15) is 173 Å². The van der Waals surface area contributed by atoms with E-state index in [2.05, 4.69) is 284 Å². The summed E-state index contributed by atoms with van der Waals surface area (Å²) in [6.07, 6.45) is 2.30. The number of fused-ring (bicyclic) bond motifs is 6. The third-order valence-corrected chi connectivity index (χ3v) is 17.8. The molecule has 2 aliphatic heterocycles. The Bertz CT molecular complexity index is 3480. The first-order chi connectivity index (χ1) is 35.3. The third-order valence-electron chi connectivity index (χ3n) is 17.8. The van der Waals surface area contributed by atoms with Gasteiger partial charge < -0.3 is 9.80 Å². The molecule has 8 aromatic rings. The number of hydrogen-bond acceptors (Lipinski definition) is 2. The first-order valence-electron chi connectivity index (χ1n) is 27.9. The van der Waals surface area contributed by atoms with Crippen LogP contribution in [-0.2, 0) is 32.5 Å². The number of anilines is 6. The number of hydrogen-bond donors (Lipinski definition) is 0. The van der Waals surface area contributed by atoms with E-state index < -0.39 is 0 Å². The highest BCUT2D eigenvalue weighted by Crippen LogP contribution is 2.57. The molecule has 3 heteroatoms. The lowest BCUT2D eigenvalue weighted by molar-refractivity contribution is 0.331. The quantitative estimate of drug-likeness (QED) is 0.153. The Kier molecular flexibility index (Phi) is 12.0. The molecule has 0 amide bonds. The maximum Gasteiger partial charge on any atom is 0.176 e. The van der Waals surface area contributed by atoms with Crippen LogP contribution in [0.15, 0.2) is 170 Å². The van der Waals surface area contributed by atoms with E-state index in [1.54, 1.807) is 0 Å². The van der Waals surface area contributed by atoms with Crippen LogP contribution in [0.4, 0.5) is 34.1 Å². The van der Waals surface area contributed by atoms with Crippen LogP contribution in [0, 0.1) is 0 Å². The summed E-state index contributed by atoms with van der Waals surface area (Å²) in [6, 6.07) is 66.3. The van der Waals surface area contributed by atoms with Gasteiger partial charge in [-0.05, 0) is 173 Å². The zero-order valence-electron chi connectivity index (χ0n) is 47.8. The van der Waals surface area contributed by atoms with Gasteiger partial charge in [-0.2, -0.15) is 0 Å². The van der Waals surface area contributed by atoms with Crippen molar-refractivity contribution in [2.24, 2.45) is 0 Å². The molecule has 2 heterocycles. The van der Waals surface area contributed by atoms with E-state index in [1.807, 2.05) is 0 Å². The Hall–Kier alpha value is -6.58. The Morgan fingerprint density at radius 2 is 0.907 bits per heavy atom. The van der Waals surface area contributed by atoms with E-state index in [9.17, 15) is 0 Å². The fraction of sp³-hybridized carbons (Fsp3) is 0.333. The monoisotopic (exact) mass is 983 g/mol. The molecule has 75 heavy (non-hydrogen) atoms. The maximum absolute atomic E-state index is 2.75. The summed E-state index contributed by atoms with van der Waals surface area (Å²) >= 11 is 0. The van der Waals surface area contributed by atoms with E-state index in [0.29, 0.717) is 0 Å². The highest BCUT2D eigenvalue weighted by molar-refractivity contribution is 6.61. The van der Waals surface area contributed by atoms with Gasteiger partial charge in [0.05, 0.1) is 5.69 Å². The van der Waals surface area contributed by atoms with Gasteiger partial charge in [0.2, 0.25) is 0 Å². The summed E-state index contributed by atoms with van der Waals surface area (Å²) in [5, 5.41) is 0. The van der Waals surface area contributed by atoms with Gasteiger partial charge in [0, 0.05) is 39.4 Å². The average molecular weight is 983 g/mol. The Labute approximate surface area is 451 Å². The minimum atomic E-state index is -0.237. The van der Waals surface area contributed by atoms with Crippen LogP contribution in [0.25, 0.3) is 22.3 Å². The summed E-state index contributed by atoms with van der Waals surface area (Å²) in [5.41, 5.74) is 25.8. The zero-order chi connectivity index (χ0) is 53.2. The smallest absolute Gasteiger partial charge is 0.176 e. The predicted octanol–water partition coefficient (Wildman–Crippen LogP) is 19.0. The van der Waals surface area contributed by atoms with Crippen molar-refractivity contribution in [3.63, 3.8) is 0 Å². The lowest BCUT2D eigenvalue weighted by Gasteiger charge is -2.44. The molecule has 1 atom stereocenters. The Morgan fingerprint density at radius 1 is 0.387 bits per heavy atom. The minimum Gasteiger partial charge on any atom is -0.311 e. The molecule has 2 nitrogen and oxygen atoms in total. The van der Waals surface area contributed by atoms with Gasteiger partial charge in [-0.15, -0.1) is 0 Å². The highest BCUT2D eigenvalue weighted by atomic mass is 15.2. The van der Waals surface area contributed by atoms with Crippen LogP contribution >= 0.6 is 0 Å². The van der Waals surface area contributed by atoms with E-state index in [-0.39, 0.29) is 38.3 Å². The minimum absolute atomic E-state index is 0.00455. The first-order valence-corrected chi connectivity index (χ1v) is 27.9. The number of nitrogens with zero attached hydrogens (tertiary/aromatic N) is 2. The van der Waals surface area contributed by atoms with Crippen molar-refractivity contribution in [1.29, 1.82) is 0 Å². The van der Waals surface area contributed by atoms with Crippen molar-refractivity contribution in [1.82, 2.24) is 0 Å². The maximum atomic E-state index is 2.75. The summed E-state index contributed by atoms with van der Waals surface area (Å²) in [5.74, 6) is 0.0493. The van der Waals surface area contributed by atoms with Gasteiger partial charge in [-0.1, -0.05) is 219 Å². The second-order valence-corrected chi connectivity index (χ2v) is 27.4. The lowest BCUT2D eigenvalue weighted by Crippen LogP contribution is -2.34. The molecule has 1 unspecified atom stereocenters. The molecule has 0 spiro atoms. The molecule has 8 aromatic carbocycles. The van der Waals surface area contributed by atoms with E-state index >= 15 is 0 Å². The SMILES string of the molecule is CC(C)(C)c1ccc(N2c3ccc(C(C)(C)c4ccccc4)cc3C3Bc4c2cc(C(C)(C)C)cc4N(c2ccc(C(C)(C)C)cc2-c2cccc(-c4ccccc4)c2)c2cc4c(cc23)C(C)(C)CCC4(C)C)cc1. The Morgan fingerprint density at radius 3 is 1.53 bits per heavy atom. The fourth-order valence-electron chi connectivity index (χ4n) is 12.6. The average Bonchev–Trinajstić information content (AvgIpc) is 3.65. The van der Waals surface area contributed by atoms with E-state index in [4.69, 9.17) is 0 Å². The standard InChI is InChI=1S/C72H79BN2/c1-67(2,3)49-29-33-54(34-30-49)74-61-36-32-52(72(14,15)50-27-20-17-21-28-50)41-56(61)65-57-44-58-59(71(12,13)38-37-70(58,10)11)45-62(57)75(64-43-53(69(7,8)9)42-63(74)66(64)73-65)60-35-31-51(68(4,5)6)40-55(60)48-26-22-25-47(39-48)46-23-18-16-19-24-46/h16-36,39-45,65,73H,37-38H2,1-15H3. The largest absolute Gasteiger partial charge is 0.311 e. The van der Waals surface area contributed by atoms with Gasteiger partial charge in [-0.25, -0.2) is 0 Å². The van der Waals surface area contributed by atoms with Gasteiger partial charge in [0.1, 0.15) is 0 Å². The van der Waals surface area contributed by atoms with Crippen LogP contribution in [0.5, 0.6) is 0 Å². The summed E-state index contributed by atoms with van der Waals surface area (Å²) < 4.78 is 0. The summed E-state index contributed by atoms with van der Waals surface area (Å²) in [6.45, 7) is 36.0. The molecule has 0 fully saturated rings. The molecule has 1 aliphatic carbocycles. The van der Waals surface area contributed by atoms with Gasteiger partial charge in [0.25, 0.3) is 0 Å². The van der Waals surface area contributed by atoms with Crippen molar-refractivity contribution in [2.75, 3.05) is 9.80 Å². The topological polar surface area (TPSA) is 6.48 Å². The number of rotatable bonds is 6. The van der Waals surface area contributed by atoms with Crippen molar-refractivity contribution in [2.45, 2.75) is 155 Å². The predicted molar refractivity (Wildman–Crippen MR) is 325 cm³/mol. The first kappa shape index (κ1) is 50.6. The van der Waals surface area contributed by atoms with Crippen LogP contribution in [0.3, 0.4) is 0 Å². The normalized spacial score (nSPS) is 16.8. The van der Waals surface area contributed by atoms with Crippen molar-refractivity contribution in [3.8, 4) is 22.3 Å². The second kappa shape index (κ2) is 17.8. The summed E-state index contributed by atoms with van der Waals surface area (Å²) in [7, 11) is 0.860. The lowest BCUT2D eigenvalue weighted by atomic mass is 9.53. The van der Waals surface area contributed by atoms with Crippen LogP contribution < -0.4 is 15.3 Å². The van der Waals surface area contributed by atoms with E-state index in [1.165, 1.54) is 112 Å². The molecular formula is C72H79BN2. The zero-order valence-corrected chi connectivity index (χ0v) is 47.8. The van der Waals surface area contributed by atoms with Gasteiger partial charge >= 0.3 is 0 Å². The van der Waals surface area contributed by atoms with Crippen molar-refractivity contribution in [3.05, 3.63) is 220 Å². The summed E-state index contributed by atoms with van der Waals surface area (Å²) in [4.78, 5) is 5.40. The second-order valence-electron chi connectivity index (χ2n) is 27.4. The number of benzene rings is 8. The molecule has 0 saturated carbocycles. The fourth-order valence-corrected chi connectivity index (χ4v) is 12.6. The molecule has 3 aliphatic rings. The molecular weight excluding hydrogens is 904 g/mol. The van der Waals surface area contributed by atoms with Crippen molar-refractivity contribution >= 4 is 46.9 Å². The highest BCUT2D eigenvalue weighted by Gasteiger charge is 2.44. The molecule has 380 valence electrons. The molecule has 0 aromatic heterocycles. The molecule has 2 bridgehead atoms. The van der Waals surface area contributed by atoms with Gasteiger partial charge in [-0.3, -0.25) is 0 Å². The third kappa shape index (κ3) is 8.87. The molecule has 0 radical (unpaired) electrons. The van der Waals surface area contributed by atoms with Crippen LogP contribution in [-0.4, -0.2) is 7.28 Å². The van der Waals surface area contributed by atoms with Crippen molar-refractivity contribution < 1.29 is 0 Å². The molecule has 11 rings (SSSR count). The molecule has 0 N–H and O–H groups in total. The van der Waals surface area contributed by atoms with Crippen LogP contribution in [0.2, 0.25) is 0 Å².